The number of hydrogen-bond donors (Lipinski definition) is 2. The molecule has 148 valence electrons. The summed E-state index contributed by atoms with van der Waals surface area (Å²) in [6.45, 7) is 6.02. The number of carbonyl (C=O) groups excluding carboxylic acids is 2. The van der Waals surface area contributed by atoms with Gasteiger partial charge in [0.05, 0.1) is 23.3 Å². The van der Waals surface area contributed by atoms with Gasteiger partial charge in [0.25, 0.3) is 0 Å². The summed E-state index contributed by atoms with van der Waals surface area (Å²) in [5, 5.41) is 5.04. The molecular weight excluding hydrogens is 379 g/mol. The molecule has 0 spiro atoms. The second kappa shape index (κ2) is 8.26. The van der Waals surface area contributed by atoms with Crippen LogP contribution in [0.15, 0.2) is 36.7 Å². The van der Waals surface area contributed by atoms with E-state index in [1.807, 2.05) is 20.8 Å². The fraction of sp³-hybridized carbons (Fsp3) is 0.400. The number of anilines is 1. The van der Waals surface area contributed by atoms with Crippen LogP contribution in [0.1, 0.15) is 32.2 Å². The normalized spacial score (nSPS) is 19.8. The summed E-state index contributed by atoms with van der Waals surface area (Å²) in [4.78, 5) is 33.4. The molecule has 2 amide bonds. The molecule has 2 unspecified atom stereocenters. The van der Waals surface area contributed by atoms with Gasteiger partial charge >= 0.3 is 0 Å². The van der Waals surface area contributed by atoms with Crippen LogP contribution >= 0.6 is 11.8 Å². The molecule has 28 heavy (non-hydrogen) atoms. The Morgan fingerprint density at radius 1 is 1.29 bits per heavy atom. The Hall–Kier alpha value is -2.48. The van der Waals surface area contributed by atoms with Crippen LogP contribution in [-0.4, -0.2) is 38.8 Å². The number of nitrogens with zero attached hydrogens (tertiary/aromatic N) is 2. The Balaban J connectivity index is 1.57. The molecule has 0 bridgehead atoms. The highest BCUT2D eigenvalue weighted by Crippen LogP contribution is 2.24. The van der Waals surface area contributed by atoms with Crippen LogP contribution in [-0.2, 0) is 21.4 Å². The van der Waals surface area contributed by atoms with Gasteiger partial charge in [-0.3, -0.25) is 9.59 Å². The van der Waals surface area contributed by atoms with E-state index in [0.29, 0.717) is 29.2 Å². The highest BCUT2D eigenvalue weighted by atomic mass is 32.2. The van der Waals surface area contributed by atoms with Gasteiger partial charge < -0.3 is 10.6 Å². The second-order valence-electron chi connectivity index (χ2n) is 7.71. The number of hydrogen-bond acceptors (Lipinski definition) is 5. The maximum atomic E-state index is 13.8. The van der Waals surface area contributed by atoms with Crippen molar-refractivity contribution in [2.45, 2.75) is 43.9 Å². The minimum atomic E-state index is -0.656. The highest BCUT2D eigenvalue weighted by Gasteiger charge is 2.33. The van der Waals surface area contributed by atoms with Gasteiger partial charge in [0.15, 0.2) is 0 Å². The lowest BCUT2D eigenvalue weighted by atomic mass is 9.96. The first-order valence-corrected chi connectivity index (χ1v) is 10.1. The van der Waals surface area contributed by atoms with E-state index in [4.69, 9.17) is 0 Å². The molecule has 8 heteroatoms. The number of benzene rings is 1. The van der Waals surface area contributed by atoms with Gasteiger partial charge in [0.1, 0.15) is 17.7 Å². The van der Waals surface area contributed by atoms with Crippen LogP contribution in [0.5, 0.6) is 0 Å². The van der Waals surface area contributed by atoms with E-state index >= 15 is 0 Å². The topological polar surface area (TPSA) is 84.0 Å². The Morgan fingerprint density at radius 2 is 1.96 bits per heavy atom. The van der Waals surface area contributed by atoms with Gasteiger partial charge in [-0.15, -0.1) is 11.8 Å². The van der Waals surface area contributed by atoms with E-state index in [1.165, 1.54) is 17.8 Å². The van der Waals surface area contributed by atoms with Crippen LogP contribution in [0.3, 0.4) is 0 Å². The third-order valence-electron chi connectivity index (χ3n) is 4.34. The van der Waals surface area contributed by atoms with Crippen molar-refractivity contribution in [3.8, 4) is 0 Å². The van der Waals surface area contributed by atoms with Gasteiger partial charge in [-0.05, 0) is 18.1 Å². The summed E-state index contributed by atoms with van der Waals surface area (Å²) in [6.07, 6.45) is 3.41. The van der Waals surface area contributed by atoms with E-state index < -0.39 is 11.3 Å². The smallest absolute Gasteiger partial charge is 0.247 e. The lowest BCUT2D eigenvalue weighted by Crippen LogP contribution is -2.52. The highest BCUT2D eigenvalue weighted by molar-refractivity contribution is 8.00. The van der Waals surface area contributed by atoms with E-state index in [9.17, 15) is 14.0 Å². The molecule has 1 aliphatic rings. The molecule has 0 radical (unpaired) electrons. The van der Waals surface area contributed by atoms with E-state index in [1.54, 1.807) is 30.6 Å². The van der Waals surface area contributed by atoms with Crippen LogP contribution < -0.4 is 10.6 Å². The predicted molar refractivity (Wildman–Crippen MR) is 108 cm³/mol. The quantitative estimate of drug-likeness (QED) is 0.822. The fourth-order valence-corrected chi connectivity index (χ4v) is 3.94. The summed E-state index contributed by atoms with van der Waals surface area (Å²) >= 11 is 1.36. The zero-order chi connectivity index (χ0) is 20.3. The zero-order valence-corrected chi connectivity index (χ0v) is 16.8. The summed E-state index contributed by atoms with van der Waals surface area (Å²) in [5.74, 6) is 0.186. The molecule has 1 aromatic heterocycles. The Morgan fingerprint density at radius 3 is 2.57 bits per heavy atom. The summed E-state index contributed by atoms with van der Waals surface area (Å²) in [6, 6.07) is 5.75. The maximum Gasteiger partial charge on any atom is 0.247 e. The van der Waals surface area contributed by atoms with Crippen LogP contribution in [0.4, 0.5) is 10.1 Å². The summed E-state index contributed by atoms with van der Waals surface area (Å²) < 4.78 is 13.8. The van der Waals surface area contributed by atoms with Gasteiger partial charge in [-0.1, -0.05) is 39.0 Å². The van der Waals surface area contributed by atoms with Crippen molar-refractivity contribution in [3.05, 3.63) is 53.9 Å². The zero-order valence-electron chi connectivity index (χ0n) is 16.0. The Labute approximate surface area is 167 Å². The first-order chi connectivity index (χ1) is 13.2. The van der Waals surface area contributed by atoms with E-state index in [0.717, 1.165) is 0 Å². The lowest BCUT2D eigenvalue weighted by molar-refractivity contribution is -0.126. The van der Waals surface area contributed by atoms with E-state index in [-0.39, 0.29) is 23.0 Å². The molecule has 1 saturated heterocycles. The average Bonchev–Trinajstić information content (AvgIpc) is 2.64. The third-order valence-corrected chi connectivity index (χ3v) is 5.65. The molecule has 2 N–H and O–H groups in total. The van der Waals surface area contributed by atoms with Crippen molar-refractivity contribution in [3.63, 3.8) is 0 Å². The molecular formula is C20H23FN4O2S. The van der Waals surface area contributed by atoms with Crippen LogP contribution in [0.25, 0.3) is 0 Å². The standard InChI is InChI=1S/C20H23FN4O2S/c1-20(2,3)19-22-9-13(10-23-19)24-17(26)15-11-28-16(18(27)25-15)8-12-6-4-5-7-14(12)21/h4-7,9-10,15-16H,8,11H2,1-3H3,(H,24,26)(H,25,27). The van der Waals surface area contributed by atoms with Crippen molar-refractivity contribution in [1.29, 1.82) is 0 Å². The predicted octanol–water partition coefficient (Wildman–Crippen LogP) is 2.69. The molecule has 0 saturated carbocycles. The van der Waals surface area contributed by atoms with Crippen LogP contribution in [0.2, 0.25) is 0 Å². The Bertz CT molecular complexity index is 867. The SMILES string of the molecule is CC(C)(C)c1ncc(NC(=O)C2CSC(Cc3ccccc3F)C(=O)N2)cn1. The van der Waals surface area contributed by atoms with Crippen molar-refractivity contribution < 1.29 is 14.0 Å². The average molecular weight is 402 g/mol. The minimum absolute atomic E-state index is 0.177. The number of rotatable bonds is 4. The molecule has 1 fully saturated rings. The monoisotopic (exact) mass is 402 g/mol. The maximum absolute atomic E-state index is 13.8. The third kappa shape index (κ3) is 4.86. The number of carbonyl (C=O) groups is 2. The van der Waals surface area contributed by atoms with Gasteiger partial charge in [0, 0.05) is 11.2 Å². The Kier molecular flexibility index (Phi) is 5.98. The number of nitrogens with one attached hydrogen (secondary N) is 2. The van der Waals surface area contributed by atoms with Gasteiger partial charge in [-0.25, -0.2) is 14.4 Å². The van der Waals surface area contributed by atoms with Crippen molar-refractivity contribution in [2.75, 3.05) is 11.1 Å². The van der Waals surface area contributed by atoms with Crippen molar-refractivity contribution >= 4 is 29.3 Å². The molecule has 2 aromatic rings. The van der Waals surface area contributed by atoms with E-state index in [2.05, 4.69) is 20.6 Å². The van der Waals surface area contributed by atoms with Crippen molar-refractivity contribution in [1.82, 2.24) is 15.3 Å². The number of amides is 2. The van der Waals surface area contributed by atoms with Crippen LogP contribution in [0, 0.1) is 5.82 Å². The minimum Gasteiger partial charge on any atom is -0.343 e. The van der Waals surface area contributed by atoms with Gasteiger partial charge in [0.2, 0.25) is 11.8 Å². The molecule has 3 rings (SSSR count). The largest absolute Gasteiger partial charge is 0.343 e. The molecule has 1 aromatic carbocycles. The fourth-order valence-electron chi connectivity index (χ4n) is 2.76. The molecule has 2 atom stereocenters. The first-order valence-electron chi connectivity index (χ1n) is 9.03. The second-order valence-corrected chi connectivity index (χ2v) is 8.95. The lowest BCUT2D eigenvalue weighted by Gasteiger charge is -2.28. The van der Waals surface area contributed by atoms with Crippen molar-refractivity contribution in [2.24, 2.45) is 0 Å². The molecule has 6 nitrogen and oxygen atoms in total. The number of thioether (sulfide) groups is 1. The molecule has 1 aliphatic heterocycles. The van der Waals surface area contributed by atoms with Gasteiger partial charge in [-0.2, -0.15) is 0 Å². The first kappa shape index (κ1) is 20.3. The molecule has 2 heterocycles. The number of halogens is 1. The molecule has 0 aliphatic carbocycles. The number of aromatic nitrogens is 2. The summed E-state index contributed by atoms with van der Waals surface area (Å²) in [5.41, 5.74) is 0.795. The summed E-state index contributed by atoms with van der Waals surface area (Å²) in [7, 11) is 0.